The molecule has 0 spiro atoms. The molecule has 0 atom stereocenters. The lowest BCUT2D eigenvalue weighted by Gasteiger charge is -2.08. The minimum atomic E-state index is -2.92. The van der Waals surface area contributed by atoms with Crippen LogP contribution in [0.2, 0.25) is 0 Å². The molecule has 90 valence electrons. The Kier molecular flexibility index (Phi) is 2.84. The van der Waals surface area contributed by atoms with Crippen molar-refractivity contribution in [3.63, 3.8) is 0 Å². The molecule has 2 rings (SSSR count). The molecule has 0 unspecified atom stereocenters. The van der Waals surface area contributed by atoms with Crippen LogP contribution in [0.4, 0.5) is 0 Å². The normalized spacial score (nSPS) is 18.0. The summed E-state index contributed by atoms with van der Waals surface area (Å²) in [4.78, 5) is 3.27. The van der Waals surface area contributed by atoms with Gasteiger partial charge in [0.1, 0.15) is 0 Å². The van der Waals surface area contributed by atoms with E-state index < -0.39 is 9.84 Å². The lowest BCUT2D eigenvalue weighted by molar-refractivity contribution is 0.597. The number of hydrogen-bond donors (Lipinski definition) is 2. The summed E-state index contributed by atoms with van der Waals surface area (Å²) in [6.45, 7) is 4.77. The Morgan fingerprint density at radius 1 is 1.38 bits per heavy atom. The number of H-pyrrole nitrogens is 1. The van der Waals surface area contributed by atoms with Crippen molar-refractivity contribution in [2.45, 2.75) is 37.7 Å². The third-order valence-electron chi connectivity index (χ3n) is 3.04. The maximum atomic E-state index is 11.5. The van der Waals surface area contributed by atoms with E-state index in [1.807, 2.05) is 0 Å². The van der Waals surface area contributed by atoms with Crippen molar-refractivity contribution in [1.82, 2.24) is 4.98 Å². The minimum Gasteiger partial charge on any atom is -0.361 e. The zero-order valence-electron chi connectivity index (χ0n) is 9.71. The highest BCUT2D eigenvalue weighted by atomic mass is 32.2. The van der Waals surface area contributed by atoms with Crippen molar-refractivity contribution < 1.29 is 8.42 Å². The maximum absolute atomic E-state index is 11.5. The Balaban J connectivity index is 2.48. The number of sulfone groups is 1. The molecule has 1 aliphatic rings. The fourth-order valence-corrected chi connectivity index (χ4v) is 3.95. The Bertz CT molecular complexity index is 500. The summed E-state index contributed by atoms with van der Waals surface area (Å²) in [6, 6.07) is 0. The Labute approximate surface area is 96.2 Å². The van der Waals surface area contributed by atoms with Gasteiger partial charge >= 0.3 is 0 Å². The quantitative estimate of drug-likeness (QED) is 0.832. The van der Waals surface area contributed by atoms with Gasteiger partial charge in [-0.05, 0) is 30.0 Å². The molecule has 3 N–H and O–H groups in total. The molecule has 0 aromatic carbocycles. The molecular weight excluding hydrogens is 224 g/mol. The van der Waals surface area contributed by atoms with Gasteiger partial charge in [-0.3, -0.25) is 0 Å². The lowest BCUT2D eigenvalue weighted by atomic mass is 10.0. The SMILES string of the molecule is CC(C)c1[nH]c2c(c1CCN)CS(=O)(=O)C2. The van der Waals surface area contributed by atoms with Crippen LogP contribution in [0, 0.1) is 0 Å². The molecule has 0 aliphatic carbocycles. The molecular formula is C11H18N2O2S. The topological polar surface area (TPSA) is 76.0 Å². The van der Waals surface area contributed by atoms with Crippen LogP contribution in [0.15, 0.2) is 0 Å². The molecule has 2 heterocycles. The fraction of sp³-hybridized carbons (Fsp3) is 0.636. The van der Waals surface area contributed by atoms with E-state index in [1.165, 1.54) is 0 Å². The van der Waals surface area contributed by atoms with E-state index in [0.29, 0.717) is 12.5 Å². The highest BCUT2D eigenvalue weighted by molar-refractivity contribution is 7.90. The van der Waals surface area contributed by atoms with Crippen LogP contribution < -0.4 is 5.73 Å². The molecule has 0 saturated heterocycles. The number of aromatic amines is 1. The summed E-state index contributed by atoms with van der Waals surface area (Å²) in [5, 5.41) is 0. The molecule has 0 fully saturated rings. The Morgan fingerprint density at radius 2 is 2.06 bits per heavy atom. The van der Waals surface area contributed by atoms with Crippen LogP contribution in [0.3, 0.4) is 0 Å². The molecule has 5 heteroatoms. The van der Waals surface area contributed by atoms with E-state index in [-0.39, 0.29) is 11.5 Å². The molecule has 1 aliphatic heterocycles. The summed E-state index contributed by atoms with van der Waals surface area (Å²) >= 11 is 0. The van der Waals surface area contributed by atoms with Crippen LogP contribution in [-0.4, -0.2) is 19.9 Å². The highest BCUT2D eigenvalue weighted by Gasteiger charge is 2.30. The van der Waals surface area contributed by atoms with Crippen molar-refractivity contribution in [2.24, 2.45) is 5.73 Å². The van der Waals surface area contributed by atoms with E-state index in [1.54, 1.807) is 0 Å². The predicted molar refractivity (Wildman–Crippen MR) is 64.0 cm³/mol. The number of nitrogens with one attached hydrogen (secondary N) is 1. The van der Waals surface area contributed by atoms with Crippen LogP contribution in [-0.2, 0) is 27.8 Å². The lowest BCUT2D eigenvalue weighted by Crippen LogP contribution is -2.08. The van der Waals surface area contributed by atoms with E-state index in [0.717, 1.165) is 28.9 Å². The van der Waals surface area contributed by atoms with Gasteiger partial charge < -0.3 is 10.7 Å². The third kappa shape index (κ3) is 1.89. The molecule has 16 heavy (non-hydrogen) atoms. The Morgan fingerprint density at radius 3 is 2.62 bits per heavy atom. The van der Waals surface area contributed by atoms with Crippen LogP contribution >= 0.6 is 0 Å². The zero-order chi connectivity index (χ0) is 11.9. The smallest absolute Gasteiger partial charge is 0.160 e. The molecule has 0 saturated carbocycles. The number of hydrogen-bond acceptors (Lipinski definition) is 3. The highest BCUT2D eigenvalue weighted by Crippen LogP contribution is 2.33. The first-order valence-corrected chi connectivity index (χ1v) is 7.39. The predicted octanol–water partition coefficient (Wildman–Crippen LogP) is 1.07. The number of fused-ring (bicyclic) bond motifs is 1. The van der Waals surface area contributed by atoms with E-state index >= 15 is 0 Å². The van der Waals surface area contributed by atoms with Crippen LogP contribution in [0.1, 0.15) is 42.3 Å². The summed E-state index contributed by atoms with van der Waals surface area (Å²) in [5.41, 5.74) is 9.74. The summed E-state index contributed by atoms with van der Waals surface area (Å²) < 4.78 is 23.1. The van der Waals surface area contributed by atoms with Gasteiger partial charge in [-0.15, -0.1) is 0 Å². The Hall–Kier alpha value is -0.810. The van der Waals surface area contributed by atoms with Gasteiger partial charge in [0, 0.05) is 11.4 Å². The average molecular weight is 242 g/mol. The molecule has 1 aromatic heterocycles. The number of rotatable bonds is 3. The first-order chi connectivity index (χ1) is 7.44. The van der Waals surface area contributed by atoms with Crippen LogP contribution in [0.5, 0.6) is 0 Å². The second kappa shape index (κ2) is 3.89. The number of nitrogens with two attached hydrogens (primary N) is 1. The van der Waals surface area contributed by atoms with Crippen molar-refractivity contribution in [3.05, 3.63) is 22.5 Å². The summed E-state index contributed by atoms with van der Waals surface area (Å²) in [6.07, 6.45) is 0.759. The van der Waals surface area contributed by atoms with E-state index in [4.69, 9.17) is 5.73 Å². The van der Waals surface area contributed by atoms with E-state index in [9.17, 15) is 8.42 Å². The molecule has 0 bridgehead atoms. The molecule has 1 aromatic rings. The van der Waals surface area contributed by atoms with Crippen LogP contribution in [0.25, 0.3) is 0 Å². The maximum Gasteiger partial charge on any atom is 0.160 e. The monoisotopic (exact) mass is 242 g/mol. The first-order valence-electron chi connectivity index (χ1n) is 5.57. The van der Waals surface area contributed by atoms with Crippen molar-refractivity contribution in [2.75, 3.05) is 6.54 Å². The van der Waals surface area contributed by atoms with Gasteiger partial charge in [-0.2, -0.15) is 0 Å². The number of aromatic nitrogens is 1. The van der Waals surface area contributed by atoms with Crippen molar-refractivity contribution in [1.29, 1.82) is 0 Å². The minimum absolute atomic E-state index is 0.159. The summed E-state index contributed by atoms with van der Waals surface area (Å²) in [5.74, 6) is 0.725. The van der Waals surface area contributed by atoms with Crippen molar-refractivity contribution >= 4 is 9.84 Å². The third-order valence-corrected chi connectivity index (χ3v) is 4.50. The van der Waals surface area contributed by atoms with Gasteiger partial charge in [0.2, 0.25) is 0 Å². The largest absolute Gasteiger partial charge is 0.361 e. The van der Waals surface area contributed by atoms with Gasteiger partial charge in [-0.25, -0.2) is 8.42 Å². The van der Waals surface area contributed by atoms with Gasteiger partial charge in [0.05, 0.1) is 11.5 Å². The second-order valence-corrected chi connectivity index (χ2v) is 6.76. The van der Waals surface area contributed by atoms with Gasteiger partial charge in [-0.1, -0.05) is 13.8 Å². The molecule has 4 nitrogen and oxygen atoms in total. The van der Waals surface area contributed by atoms with E-state index in [2.05, 4.69) is 18.8 Å². The summed E-state index contributed by atoms with van der Waals surface area (Å²) in [7, 11) is -2.92. The molecule has 0 amide bonds. The van der Waals surface area contributed by atoms with Gasteiger partial charge in [0.25, 0.3) is 0 Å². The van der Waals surface area contributed by atoms with Crippen molar-refractivity contribution in [3.8, 4) is 0 Å². The average Bonchev–Trinajstić information content (AvgIpc) is 2.60. The zero-order valence-corrected chi connectivity index (χ0v) is 10.5. The van der Waals surface area contributed by atoms with Gasteiger partial charge in [0.15, 0.2) is 9.84 Å². The second-order valence-electron chi connectivity index (χ2n) is 4.70. The fourth-order valence-electron chi connectivity index (χ4n) is 2.37. The standard InChI is InChI=1S/C11H18N2O2S/c1-7(2)11-8(3-4-12)9-5-16(14,15)6-10(9)13-11/h7,13H,3-6,12H2,1-2H3. The first kappa shape index (κ1) is 11.7. The molecule has 0 radical (unpaired) electrons.